The molecule has 0 amide bonds. The van der Waals surface area contributed by atoms with Gasteiger partial charge in [0.05, 0.1) is 15.6 Å². The van der Waals surface area contributed by atoms with E-state index in [1.807, 2.05) is 20.8 Å². The minimum Gasteiger partial charge on any atom is -0.305 e. The van der Waals surface area contributed by atoms with Crippen LogP contribution in [0.4, 0.5) is 5.69 Å². The normalized spacial score (nSPS) is 12.4. The minimum absolute atomic E-state index is 0.106. The summed E-state index contributed by atoms with van der Waals surface area (Å²) in [5, 5.41) is 15.4. The Morgan fingerprint density at radius 3 is 2.76 bits per heavy atom. The fourth-order valence-electron chi connectivity index (χ4n) is 2.18. The Balaban J connectivity index is 2.14. The van der Waals surface area contributed by atoms with Crippen molar-refractivity contribution in [2.45, 2.75) is 33.4 Å². The number of halogens is 1. The first kappa shape index (κ1) is 16.1. The zero-order valence-electron chi connectivity index (χ0n) is 12.0. The summed E-state index contributed by atoms with van der Waals surface area (Å²) in [5.74, 6) is 0. The van der Waals surface area contributed by atoms with E-state index >= 15 is 0 Å². The molecule has 0 spiro atoms. The van der Waals surface area contributed by atoms with Crippen LogP contribution in [0.15, 0.2) is 22.7 Å². The summed E-state index contributed by atoms with van der Waals surface area (Å²) >= 11 is 5.01. The molecule has 0 saturated carbocycles. The van der Waals surface area contributed by atoms with Gasteiger partial charge in [0.15, 0.2) is 0 Å². The molecule has 0 aliphatic rings. The molecule has 1 aromatic heterocycles. The molecule has 5 nitrogen and oxygen atoms in total. The minimum atomic E-state index is -0.351. The van der Waals surface area contributed by atoms with Crippen LogP contribution < -0.4 is 5.32 Å². The first-order chi connectivity index (χ1) is 9.88. The molecule has 0 radical (unpaired) electrons. The lowest BCUT2D eigenvalue weighted by atomic mass is 10.1. The lowest BCUT2D eigenvalue weighted by molar-refractivity contribution is -0.385. The number of nitrogens with one attached hydrogen (secondary N) is 1. The third kappa shape index (κ3) is 3.87. The summed E-state index contributed by atoms with van der Waals surface area (Å²) in [5.41, 5.74) is 1.82. The van der Waals surface area contributed by atoms with Crippen molar-refractivity contribution in [3.8, 4) is 0 Å². The third-order valence-corrected chi connectivity index (χ3v) is 4.92. The maximum Gasteiger partial charge on any atom is 0.273 e. The molecule has 21 heavy (non-hydrogen) atoms. The highest BCUT2D eigenvalue weighted by molar-refractivity contribution is 9.10. The third-order valence-electron chi connectivity index (χ3n) is 3.17. The van der Waals surface area contributed by atoms with Crippen LogP contribution in [0.1, 0.15) is 34.1 Å². The fraction of sp³-hybridized carbons (Fsp3) is 0.357. The van der Waals surface area contributed by atoms with Crippen LogP contribution in [0.3, 0.4) is 0 Å². The van der Waals surface area contributed by atoms with E-state index in [1.54, 1.807) is 23.5 Å². The number of rotatable bonds is 5. The Morgan fingerprint density at radius 1 is 1.48 bits per heavy atom. The second-order valence-electron chi connectivity index (χ2n) is 4.82. The summed E-state index contributed by atoms with van der Waals surface area (Å²) in [6, 6.07) is 5.09. The highest BCUT2D eigenvalue weighted by Crippen LogP contribution is 2.27. The van der Waals surface area contributed by atoms with E-state index < -0.39 is 0 Å². The monoisotopic (exact) mass is 369 g/mol. The van der Waals surface area contributed by atoms with Crippen LogP contribution in [-0.2, 0) is 6.54 Å². The number of nitro benzene ring substituents is 1. The number of nitro groups is 1. The Morgan fingerprint density at radius 2 is 2.19 bits per heavy atom. The Kier molecular flexibility index (Phi) is 5.08. The molecule has 0 bridgehead atoms. The molecule has 1 N–H and O–H groups in total. The van der Waals surface area contributed by atoms with Gasteiger partial charge >= 0.3 is 0 Å². The molecule has 0 aliphatic carbocycles. The van der Waals surface area contributed by atoms with Crippen LogP contribution in [0.5, 0.6) is 0 Å². The molecule has 2 aromatic rings. The molecule has 0 saturated heterocycles. The van der Waals surface area contributed by atoms with Gasteiger partial charge in [0.25, 0.3) is 5.69 Å². The van der Waals surface area contributed by atoms with Gasteiger partial charge in [-0.1, -0.05) is 15.9 Å². The van der Waals surface area contributed by atoms with Gasteiger partial charge in [-0.25, -0.2) is 4.98 Å². The van der Waals surface area contributed by atoms with Crippen molar-refractivity contribution in [3.63, 3.8) is 0 Å². The van der Waals surface area contributed by atoms with Crippen LogP contribution >= 0.6 is 27.3 Å². The SMILES string of the molecule is Cc1nc(C)c(C(C)NCc2cc(Br)ccc2[N+](=O)[O-])s1. The van der Waals surface area contributed by atoms with E-state index in [2.05, 4.69) is 26.2 Å². The van der Waals surface area contributed by atoms with Crippen molar-refractivity contribution in [1.29, 1.82) is 0 Å². The first-order valence-corrected chi connectivity index (χ1v) is 8.09. The zero-order chi connectivity index (χ0) is 15.6. The molecular weight excluding hydrogens is 354 g/mol. The number of hydrogen-bond donors (Lipinski definition) is 1. The fourth-order valence-corrected chi connectivity index (χ4v) is 3.54. The predicted molar refractivity (Wildman–Crippen MR) is 87.6 cm³/mol. The maximum atomic E-state index is 11.1. The molecule has 1 aromatic carbocycles. The molecule has 1 unspecified atom stereocenters. The smallest absolute Gasteiger partial charge is 0.273 e. The second-order valence-corrected chi connectivity index (χ2v) is 6.97. The van der Waals surface area contributed by atoms with E-state index in [-0.39, 0.29) is 16.7 Å². The van der Waals surface area contributed by atoms with Crippen LogP contribution in [0, 0.1) is 24.0 Å². The molecule has 2 rings (SSSR count). The van der Waals surface area contributed by atoms with Gasteiger partial charge in [-0.15, -0.1) is 11.3 Å². The molecular formula is C14H16BrN3O2S. The van der Waals surface area contributed by atoms with E-state index in [1.165, 1.54) is 10.9 Å². The van der Waals surface area contributed by atoms with Gasteiger partial charge in [0, 0.05) is 33.6 Å². The van der Waals surface area contributed by atoms with E-state index in [0.717, 1.165) is 15.2 Å². The molecule has 0 aliphatic heterocycles. The topological polar surface area (TPSA) is 68.1 Å². The first-order valence-electron chi connectivity index (χ1n) is 6.48. The number of thiazole rings is 1. The van der Waals surface area contributed by atoms with Gasteiger partial charge in [0.2, 0.25) is 0 Å². The number of aromatic nitrogens is 1. The van der Waals surface area contributed by atoms with Crippen LogP contribution in [-0.4, -0.2) is 9.91 Å². The summed E-state index contributed by atoms with van der Waals surface area (Å²) < 4.78 is 0.836. The van der Waals surface area contributed by atoms with Crippen molar-refractivity contribution in [1.82, 2.24) is 10.3 Å². The Labute approximate surface area is 135 Å². The molecule has 1 heterocycles. The second kappa shape index (κ2) is 6.64. The summed E-state index contributed by atoms with van der Waals surface area (Å²) in [7, 11) is 0. The largest absolute Gasteiger partial charge is 0.305 e. The van der Waals surface area contributed by atoms with Gasteiger partial charge in [0.1, 0.15) is 0 Å². The molecule has 112 valence electrons. The van der Waals surface area contributed by atoms with Gasteiger partial charge in [-0.3, -0.25) is 10.1 Å². The Hall–Kier alpha value is -1.31. The van der Waals surface area contributed by atoms with E-state index in [4.69, 9.17) is 0 Å². The quantitative estimate of drug-likeness (QED) is 0.630. The van der Waals surface area contributed by atoms with E-state index in [9.17, 15) is 10.1 Å². The van der Waals surface area contributed by atoms with Crippen LogP contribution in [0.25, 0.3) is 0 Å². The summed E-state index contributed by atoms with van der Waals surface area (Å²) in [6.45, 7) is 6.45. The predicted octanol–water partition coefficient (Wildman–Crippen LogP) is 4.28. The lowest BCUT2D eigenvalue weighted by Crippen LogP contribution is -2.18. The average Bonchev–Trinajstić information content (AvgIpc) is 2.74. The number of aryl methyl sites for hydroxylation is 2. The maximum absolute atomic E-state index is 11.1. The standard InChI is InChI=1S/C14H16BrN3O2S/c1-8(14-9(2)17-10(3)21-14)16-7-11-6-12(15)4-5-13(11)18(19)20/h4-6,8,16H,7H2,1-3H3. The summed E-state index contributed by atoms with van der Waals surface area (Å²) in [4.78, 5) is 16.3. The van der Waals surface area contributed by atoms with E-state index in [0.29, 0.717) is 12.1 Å². The van der Waals surface area contributed by atoms with Crippen molar-refractivity contribution >= 4 is 33.0 Å². The summed E-state index contributed by atoms with van der Waals surface area (Å²) in [6.07, 6.45) is 0. The lowest BCUT2D eigenvalue weighted by Gasteiger charge is -2.13. The van der Waals surface area contributed by atoms with Crippen molar-refractivity contribution in [2.75, 3.05) is 0 Å². The van der Waals surface area contributed by atoms with Crippen molar-refractivity contribution < 1.29 is 4.92 Å². The zero-order valence-corrected chi connectivity index (χ0v) is 14.4. The molecule has 7 heteroatoms. The van der Waals surface area contributed by atoms with Gasteiger partial charge in [-0.05, 0) is 32.9 Å². The molecule has 1 atom stereocenters. The number of hydrogen-bond acceptors (Lipinski definition) is 5. The van der Waals surface area contributed by atoms with Gasteiger partial charge < -0.3 is 5.32 Å². The molecule has 0 fully saturated rings. The van der Waals surface area contributed by atoms with Gasteiger partial charge in [-0.2, -0.15) is 0 Å². The highest BCUT2D eigenvalue weighted by atomic mass is 79.9. The van der Waals surface area contributed by atoms with Crippen molar-refractivity contribution in [3.05, 3.63) is 53.9 Å². The van der Waals surface area contributed by atoms with Crippen LogP contribution in [0.2, 0.25) is 0 Å². The average molecular weight is 370 g/mol. The Bertz CT molecular complexity index is 672. The van der Waals surface area contributed by atoms with Crippen molar-refractivity contribution in [2.24, 2.45) is 0 Å². The number of nitrogens with zero attached hydrogens (tertiary/aromatic N) is 2. The number of benzene rings is 1. The highest BCUT2D eigenvalue weighted by Gasteiger charge is 2.17.